The Balaban J connectivity index is 2.57. The molecule has 0 aromatic carbocycles. The van der Waals surface area contributed by atoms with Crippen LogP contribution >= 0.6 is 11.8 Å². The fraction of sp³-hybridized carbons (Fsp3) is 0.545. The van der Waals surface area contributed by atoms with Gasteiger partial charge in [0.2, 0.25) is 0 Å². The minimum atomic E-state index is -0.224. The standard InChI is InChI=1S/C11H18N2O3S/c1-8-3-5-13(11(16)12-8)9(2)17-10(7-15)4-6-14/h3,5,9-10,14-15H,1,4,6-7H2,2H3,(H,12,16). The zero-order valence-corrected chi connectivity index (χ0v) is 10.6. The molecule has 0 radical (unpaired) electrons. The molecule has 1 aliphatic rings. The minimum Gasteiger partial charge on any atom is -0.396 e. The second-order valence-corrected chi connectivity index (χ2v) is 5.35. The van der Waals surface area contributed by atoms with Crippen LogP contribution in [0, 0.1) is 0 Å². The van der Waals surface area contributed by atoms with Crippen molar-refractivity contribution in [3.63, 3.8) is 0 Å². The monoisotopic (exact) mass is 258 g/mol. The molecule has 2 atom stereocenters. The fourth-order valence-corrected chi connectivity index (χ4v) is 2.64. The molecule has 0 saturated heterocycles. The first-order valence-electron chi connectivity index (χ1n) is 5.42. The molecule has 5 nitrogen and oxygen atoms in total. The van der Waals surface area contributed by atoms with Crippen LogP contribution < -0.4 is 5.32 Å². The molecule has 0 aliphatic carbocycles. The lowest BCUT2D eigenvalue weighted by Gasteiger charge is -2.30. The first-order chi connectivity index (χ1) is 8.08. The van der Waals surface area contributed by atoms with E-state index in [1.807, 2.05) is 6.92 Å². The first-order valence-corrected chi connectivity index (χ1v) is 6.36. The van der Waals surface area contributed by atoms with Gasteiger partial charge in [0.1, 0.15) is 0 Å². The number of nitrogens with one attached hydrogen (secondary N) is 1. The zero-order chi connectivity index (χ0) is 12.8. The molecule has 17 heavy (non-hydrogen) atoms. The van der Waals surface area contributed by atoms with Crippen LogP contribution in [0.25, 0.3) is 0 Å². The summed E-state index contributed by atoms with van der Waals surface area (Å²) in [5, 5.41) is 20.4. The Hall–Kier alpha value is -0.980. The maximum Gasteiger partial charge on any atom is 0.326 e. The Bertz CT molecular complexity index is 320. The maximum atomic E-state index is 11.7. The van der Waals surface area contributed by atoms with Gasteiger partial charge in [-0.1, -0.05) is 6.58 Å². The summed E-state index contributed by atoms with van der Waals surface area (Å²) in [6, 6.07) is -0.224. The SMILES string of the molecule is C=C1C=CN(C(C)SC(CO)CCO)C(=O)N1. The summed E-state index contributed by atoms with van der Waals surface area (Å²) in [6.07, 6.45) is 3.90. The third-order valence-corrected chi connectivity index (χ3v) is 3.76. The van der Waals surface area contributed by atoms with Gasteiger partial charge in [0.25, 0.3) is 0 Å². The number of thioether (sulfide) groups is 1. The molecule has 96 valence electrons. The second kappa shape index (κ2) is 6.68. The van der Waals surface area contributed by atoms with Crippen LogP contribution in [0.3, 0.4) is 0 Å². The predicted molar refractivity (Wildman–Crippen MR) is 68.3 cm³/mol. The highest BCUT2D eigenvalue weighted by molar-refractivity contribution is 8.00. The van der Waals surface area contributed by atoms with Crippen molar-refractivity contribution in [2.75, 3.05) is 13.2 Å². The fourth-order valence-electron chi connectivity index (χ4n) is 1.46. The minimum absolute atomic E-state index is 0.0125. The molecule has 2 unspecified atom stereocenters. The predicted octanol–water partition coefficient (Wildman–Crippen LogP) is 0.861. The Morgan fingerprint density at radius 2 is 2.29 bits per heavy atom. The van der Waals surface area contributed by atoms with Gasteiger partial charge in [-0.05, 0) is 19.4 Å². The van der Waals surface area contributed by atoms with Gasteiger partial charge < -0.3 is 15.5 Å². The molecule has 0 aromatic heterocycles. The van der Waals surface area contributed by atoms with E-state index in [0.717, 1.165) is 0 Å². The lowest BCUT2D eigenvalue weighted by molar-refractivity contribution is 0.214. The number of urea groups is 1. The number of rotatable bonds is 6. The number of nitrogens with zero attached hydrogens (tertiary/aromatic N) is 1. The number of amides is 2. The van der Waals surface area contributed by atoms with E-state index in [0.29, 0.717) is 12.1 Å². The van der Waals surface area contributed by atoms with E-state index in [1.54, 1.807) is 17.2 Å². The third-order valence-electron chi connectivity index (χ3n) is 2.37. The molecule has 1 aliphatic heterocycles. The molecular formula is C11H18N2O3S. The zero-order valence-electron chi connectivity index (χ0n) is 9.80. The van der Waals surface area contributed by atoms with Crippen LogP contribution in [-0.2, 0) is 0 Å². The van der Waals surface area contributed by atoms with Crippen molar-refractivity contribution >= 4 is 17.8 Å². The maximum absolute atomic E-state index is 11.7. The van der Waals surface area contributed by atoms with Gasteiger partial charge >= 0.3 is 6.03 Å². The van der Waals surface area contributed by atoms with Gasteiger partial charge in [0, 0.05) is 23.8 Å². The van der Waals surface area contributed by atoms with Crippen LogP contribution in [0.1, 0.15) is 13.3 Å². The van der Waals surface area contributed by atoms with Crippen LogP contribution in [0.5, 0.6) is 0 Å². The second-order valence-electron chi connectivity index (χ2n) is 3.73. The van der Waals surface area contributed by atoms with E-state index in [9.17, 15) is 4.79 Å². The number of aliphatic hydroxyl groups is 2. The van der Waals surface area contributed by atoms with Crippen LogP contribution in [0.4, 0.5) is 4.79 Å². The molecule has 2 amide bonds. The Kier molecular flexibility index (Phi) is 5.54. The number of aliphatic hydroxyl groups excluding tert-OH is 2. The van der Waals surface area contributed by atoms with E-state index >= 15 is 0 Å². The largest absolute Gasteiger partial charge is 0.396 e. The molecule has 0 spiro atoms. The average Bonchev–Trinajstić information content (AvgIpc) is 2.28. The van der Waals surface area contributed by atoms with Gasteiger partial charge in [-0.2, -0.15) is 0 Å². The molecule has 0 saturated carbocycles. The smallest absolute Gasteiger partial charge is 0.326 e. The summed E-state index contributed by atoms with van der Waals surface area (Å²) in [6.45, 7) is 5.54. The van der Waals surface area contributed by atoms with Gasteiger partial charge in [-0.3, -0.25) is 4.90 Å². The third kappa shape index (κ3) is 4.07. The summed E-state index contributed by atoms with van der Waals surface area (Å²) in [4.78, 5) is 13.2. The Labute approximate surface area is 105 Å². The number of hydrogen-bond donors (Lipinski definition) is 3. The number of allylic oxidation sites excluding steroid dienone is 1. The molecule has 1 heterocycles. The summed E-state index contributed by atoms with van der Waals surface area (Å²) < 4.78 is 0. The van der Waals surface area contributed by atoms with Gasteiger partial charge in [-0.15, -0.1) is 11.8 Å². The molecule has 3 N–H and O–H groups in total. The first kappa shape index (κ1) is 14.1. The van der Waals surface area contributed by atoms with E-state index in [2.05, 4.69) is 11.9 Å². The summed E-state index contributed by atoms with van der Waals surface area (Å²) in [5.74, 6) is 0. The average molecular weight is 258 g/mol. The molecule has 0 bridgehead atoms. The Morgan fingerprint density at radius 3 is 2.82 bits per heavy atom. The van der Waals surface area contributed by atoms with E-state index in [-0.39, 0.29) is 29.9 Å². The van der Waals surface area contributed by atoms with Crippen molar-refractivity contribution < 1.29 is 15.0 Å². The molecular weight excluding hydrogens is 240 g/mol. The lowest BCUT2D eigenvalue weighted by atomic mass is 10.3. The van der Waals surface area contributed by atoms with Crippen molar-refractivity contribution in [1.29, 1.82) is 0 Å². The molecule has 6 heteroatoms. The van der Waals surface area contributed by atoms with Crippen molar-refractivity contribution in [3.05, 3.63) is 24.6 Å². The number of carbonyl (C=O) groups excluding carboxylic acids is 1. The van der Waals surface area contributed by atoms with Crippen LogP contribution in [0.15, 0.2) is 24.6 Å². The molecule has 1 rings (SSSR count). The highest BCUT2D eigenvalue weighted by Crippen LogP contribution is 2.24. The van der Waals surface area contributed by atoms with Gasteiger partial charge in [0.05, 0.1) is 12.0 Å². The topological polar surface area (TPSA) is 72.8 Å². The van der Waals surface area contributed by atoms with Crippen molar-refractivity contribution in [2.24, 2.45) is 0 Å². The normalized spacial score (nSPS) is 19.1. The number of hydrogen-bond acceptors (Lipinski definition) is 4. The number of carbonyl (C=O) groups is 1. The summed E-state index contributed by atoms with van der Waals surface area (Å²) in [5.41, 5.74) is 0.567. The van der Waals surface area contributed by atoms with E-state index < -0.39 is 0 Å². The highest BCUT2D eigenvalue weighted by Gasteiger charge is 2.23. The quantitative estimate of drug-likeness (QED) is 0.661. The van der Waals surface area contributed by atoms with Crippen molar-refractivity contribution in [1.82, 2.24) is 10.2 Å². The molecule has 0 aromatic rings. The van der Waals surface area contributed by atoms with Crippen LogP contribution in [-0.4, -0.2) is 45.0 Å². The van der Waals surface area contributed by atoms with E-state index in [1.165, 1.54) is 11.8 Å². The van der Waals surface area contributed by atoms with Crippen LogP contribution in [0.2, 0.25) is 0 Å². The van der Waals surface area contributed by atoms with Crippen molar-refractivity contribution in [2.45, 2.75) is 24.0 Å². The van der Waals surface area contributed by atoms with E-state index in [4.69, 9.17) is 10.2 Å². The Morgan fingerprint density at radius 1 is 1.59 bits per heavy atom. The molecule has 0 fully saturated rings. The van der Waals surface area contributed by atoms with Gasteiger partial charge in [-0.25, -0.2) is 4.79 Å². The van der Waals surface area contributed by atoms with Crippen molar-refractivity contribution in [3.8, 4) is 0 Å². The van der Waals surface area contributed by atoms with Gasteiger partial charge in [0.15, 0.2) is 0 Å². The summed E-state index contributed by atoms with van der Waals surface area (Å²) >= 11 is 1.45. The summed E-state index contributed by atoms with van der Waals surface area (Å²) in [7, 11) is 0. The lowest BCUT2D eigenvalue weighted by Crippen LogP contribution is -2.43. The highest BCUT2D eigenvalue weighted by atomic mass is 32.2.